The summed E-state index contributed by atoms with van der Waals surface area (Å²) in [5.74, 6) is -2.30. The minimum absolute atomic E-state index is 0.144. The lowest BCUT2D eigenvalue weighted by atomic mass is 9.98. The Morgan fingerprint density at radius 3 is 2.33 bits per heavy atom. The van der Waals surface area contributed by atoms with Crippen LogP contribution in [-0.2, 0) is 19.1 Å². The number of nitrogens with zero attached hydrogens (tertiary/aromatic N) is 3. The first-order valence-electron chi connectivity index (χ1n) is 8.39. The largest absolute Gasteiger partial charge is 0.465 e. The molecule has 0 radical (unpaired) electrons. The molecule has 0 aromatic heterocycles. The number of imide groups is 1. The first kappa shape index (κ1) is 20.9. The average molecular weight is 396 g/mol. The van der Waals surface area contributed by atoms with Crippen LogP contribution < -0.4 is 0 Å². The van der Waals surface area contributed by atoms with Gasteiger partial charge in [-0.3, -0.25) is 29.1 Å². The van der Waals surface area contributed by atoms with E-state index in [1.165, 1.54) is 16.9 Å². The van der Waals surface area contributed by atoms with Crippen molar-refractivity contribution in [3.05, 3.63) is 34.9 Å². The molecule has 146 valence electrons. The van der Waals surface area contributed by atoms with Gasteiger partial charge in [-0.1, -0.05) is 11.6 Å². The van der Waals surface area contributed by atoms with E-state index in [2.05, 4.69) is 0 Å². The molecule has 1 aromatic carbocycles. The van der Waals surface area contributed by atoms with Gasteiger partial charge >= 0.3 is 5.97 Å². The van der Waals surface area contributed by atoms with Crippen LogP contribution in [0.4, 0.5) is 0 Å². The van der Waals surface area contributed by atoms with E-state index in [-0.39, 0.29) is 13.0 Å². The molecule has 0 bridgehead atoms. The van der Waals surface area contributed by atoms with Crippen LogP contribution in [0, 0.1) is 0 Å². The lowest BCUT2D eigenvalue weighted by molar-refractivity contribution is -0.154. The Morgan fingerprint density at radius 1 is 1.22 bits per heavy atom. The third kappa shape index (κ3) is 4.12. The number of rotatable bonds is 6. The van der Waals surface area contributed by atoms with Crippen molar-refractivity contribution in [3.63, 3.8) is 0 Å². The summed E-state index contributed by atoms with van der Waals surface area (Å²) in [5, 5.41) is 3.15. The smallest absolute Gasteiger partial charge is 0.326 e. The van der Waals surface area contributed by atoms with Crippen molar-refractivity contribution in [2.75, 3.05) is 27.2 Å². The van der Waals surface area contributed by atoms with E-state index in [0.717, 1.165) is 4.90 Å². The van der Waals surface area contributed by atoms with Crippen molar-refractivity contribution in [1.29, 1.82) is 0 Å². The van der Waals surface area contributed by atoms with Crippen molar-refractivity contribution in [2.45, 2.75) is 25.8 Å². The van der Waals surface area contributed by atoms with Gasteiger partial charge in [-0.25, -0.2) is 5.01 Å². The van der Waals surface area contributed by atoms with Gasteiger partial charge in [0.1, 0.15) is 12.1 Å². The van der Waals surface area contributed by atoms with Crippen LogP contribution in [0.3, 0.4) is 0 Å². The molecule has 0 N–H and O–H groups in total. The highest BCUT2D eigenvalue weighted by Crippen LogP contribution is 2.32. The third-order valence-electron chi connectivity index (χ3n) is 4.25. The normalized spacial score (nSPS) is 19.6. The second kappa shape index (κ2) is 8.06. The highest BCUT2D eigenvalue weighted by atomic mass is 35.5. The Hall–Kier alpha value is -2.45. The quantitative estimate of drug-likeness (QED) is 0.410. The van der Waals surface area contributed by atoms with Crippen LogP contribution in [0.15, 0.2) is 24.3 Å². The van der Waals surface area contributed by atoms with Crippen LogP contribution >= 0.6 is 11.6 Å². The molecule has 1 unspecified atom stereocenters. The number of hydrogen-bond acceptors (Lipinski definition) is 6. The number of amides is 3. The van der Waals surface area contributed by atoms with E-state index in [9.17, 15) is 19.2 Å². The van der Waals surface area contributed by atoms with E-state index >= 15 is 0 Å². The number of esters is 1. The van der Waals surface area contributed by atoms with E-state index < -0.39 is 35.8 Å². The fourth-order valence-electron chi connectivity index (χ4n) is 3.09. The van der Waals surface area contributed by atoms with Gasteiger partial charge in [0.25, 0.3) is 11.8 Å². The summed E-state index contributed by atoms with van der Waals surface area (Å²) in [4.78, 5) is 51.0. The molecule has 1 heterocycles. The SMILES string of the molecule is CCOC(=O)CN1C(=O)CC(C)(N(C(=O)c2ccc(Cl)cc2)N(C)C)C1=O. The van der Waals surface area contributed by atoms with Crippen molar-refractivity contribution in [3.8, 4) is 0 Å². The zero-order valence-corrected chi connectivity index (χ0v) is 16.4. The second-order valence-corrected chi connectivity index (χ2v) is 6.95. The fraction of sp³-hybridized carbons (Fsp3) is 0.444. The molecule has 9 heteroatoms. The Bertz CT molecular complexity index is 765. The summed E-state index contributed by atoms with van der Waals surface area (Å²) < 4.78 is 4.82. The molecular weight excluding hydrogens is 374 g/mol. The van der Waals surface area contributed by atoms with E-state index in [1.807, 2.05) is 0 Å². The molecule has 8 nitrogen and oxygen atoms in total. The number of benzene rings is 1. The molecule has 1 aliphatic rings. The Balaban J connectivity index is 2.34. The van der Waals surface area contributed by atoms with Gasteiger partial charge in [0, 0.05) is 24.7 Å². The average Bonchev–Trinajstić information content (AvgIpc) is 2.79. The topological polar surface area (TPSA) is 87.2 Å². The van der Waals surface area contributed by atoms with Gasteiger partial charge in [0.05, 0.1) is 13.0 Å². The van der Waals surface area contributed by atoms with Crippen LogP contribution in [-0.4, -0.2) is 71.4 Å². The summed E-state index contributed by atoms with van der Waals surface area (Å²) in [6, 6.07) is 6.23. The van der Waals surface area contributed by atoms with E-state index in [4.69, 9.17) is 16.3 Å². The van der Waals surface area contributed by atoms with Gasteiger partial charge in [-0.05, 0) is 38.1 Å². The number of halogens is 1. The monoisotopic (exact) mass is 395 g/mol. The van der Waals surface area contributed by atoms with Gasteiger partial charge in [0.15, 0.2) is 0 Å². The Morgan fingerprint density at radius 2 is 1.81 bits per heavy atom. The molecule has 2 rings (SSSR count). The summed E-state index contributed by atoms with van der Waals surface area (Å²) >= 11 is 5.86. The number of hydrazine groups is 1. The number of carbonyl (C=O) groups excluding carboxylic acids is 4. The summed E-state index contributed by atoms with van der Waals surface area (Å²) in [6.07, 6.45) is -0.233. The van der Waals surface area contributed by atoms with Crippen LogP contribution in [0.2, 0.25) is 5.02 Å². The molecular formula is C18H22ClN3O5. The fourth-order valence-corrected chi connectivity index (χ4v) is 3.22. The lowest BCUT2D eigenvalue weighted by Gasteiger charge is -2.40. The number of carbonyl (C=O) groups is 4. The van der Waals surface area contributed by atoms with E-state index in [0.29, 0.717) is 10.6 Å². The zero-order chi connectivity index (χ0) is 20.4. The molecule has 1 aliphatic heterocycles. The summed E-state index contributed by atoms with van der Waals surface area (Å²) in [5.41, 5.74) is -1.14. The van der Waals surface area contributed by atoms with Gasteiger partial charge in [-0.2, -0.15) is 0 Å². The van der Waals surface area contributed by atoms with Crippen LogP contribution in [0.25, 0.3) is 0 Å². The Kier molecular flexibility index (Phi) is 6.22. The molecule has 0 saturated carbocycles. The second-order valence-electron chi connectivity index (χ2n) is 6.51. The molecule has 3 amide bonds. The van der Waals surface area contributed by atoms with Gasteiger partial charge in [0.2, 0.25) is 5.91 Å². The maximum Gasteiger partial charge on any atom is 0.326 e. The van der Waals surface area contributed by atoms with Crippen molar-refractivity contribution < 1.29 is 23.9 Å². The number of ether oxygens (including phenoxy) is 1. The molecule has 1 saturated heterocycles. The first-order chi connectivity index (χ1) is 12.6. The predicted octanol–water partition coefficient (Wildman–Crippen LogP) is 1.34. The molecule has 0 aliphatic carbocycles. The molecule has 27 heavy (non-hydrogen) atoms. The maximum absolute atomic E-state index is 13.0. The predicted molar refractivity (Wildman–Crippen MR) is 97.7 cm³/mol. The lowest BCUT2D eigenvalue weighted by Crippen LogP contribution is -2.60. The first-order valence-corrected chi connectivity index (χ1v) is 8.77. The van der Waals surface area contributed by atoms with Crippen molar-refractivity contribution in [1.82, 2.24) is 14.9 Å². The summed E-state index contributed by atoms with van der Waals surface area (Å²) in [7, 11) is 3.20. The Labute approximate surface area is 162 Å². The number of likely N-dealkylation sites (tertiary alicyclic amines) is 1. The summed E-state index contributed by atoms with van der Waals surface area (Å²) in [6.45, 7) is 2.81. The van der Waals surface area contributed by atoms with Gasteiger partial charge in [-0.15, -0.1) is 0 Å². The highest BCUT2D eigenvalue weighted by Gasteiger charge is 2.55. The minimum atomic E-state index is -1.45. The minimum Gasteiger partial charge on any atom is -0.465 e. The highest BCUT2D eigenvalue weighted by molar-refractivity contribution is 6.30. The molecule has 0 spiro atoms. The van der Waals surface area contributed by atoms with Gasteiger partial charge < -0.3 is 4.74 Å². The number of hydrogen-bond donors (Lipinski definition) is 0. The molecule has 1 fully saturated rings. The maximum atomic E-state index is 13.0. The van der Waals surface area contributed by atoms with Crippen LogP contribution in [0.1, 0.15) is 30.6 Å². The zero-order valence-electron chi connectivity index (χ0n) is 15.7. The van der Waals surface area contributed by atoms with E-state index in [1.54, 1.807) is 45.3 Å². The van der Waals surface area contributed by atoms with Crippen molar-refractivity contribution in [2.24, 2.45) is 0 Å². The third-order valence-corrected chi connectivity index (χ3v) is 4.50. The molecule has 1 atom stereocenters. The van der Waals surface area contributed by atoms with Crippen LogP contribution in [0.5, 0.6) is 0 Å². The molecule has 1 aromatic rings. The van der Waals surface area contributed by atoms with Crippen molar-refractivity contribution >= 4 is 35.3 Å². The standard InChI is InChI=1S/C18H22ClN3O5/c1-5-27-15(24)11-21-14(23)10-18(2,17(21)26)22(20(3)4)16(25)12-6-8-13(19)9-7-12/h6-9H,5,10-11H2,1-4H3.